The van der Waals surface area contributed by atoms with Gasteiger partial charge >= 0.3 is 5.97 Å². The lowest BCUT2D eigenvalue weighted by Gasteiger charge is -2.16. The second-order valence-corrected chi connectivity index (χ2v) is 5.70. The van der Waals surface area contributed by atoms with E-state index in [1.807, 2.05) is 6.07 Å². The van der Waals surface area contributed by atoms with Gasteiger partial charge in [0.2, 0.25) is 5.75 Å². The Balaban J connectivity index is 2.74. The third-order valence-electron chi connectivity index (χ3n) is 3.63. The largest absolute Gasteiger partial charge is 0.493 e. The minimum Gasteiger partial charge on any atom is -0.493 e. The molecule has 0 atom stereocenters. The molecule has 0 spiro atoms. The Morgan fingerprint density at radius 1 is 1.20 bits per heavy atom. The predicted molar refractivity (Wildman–Crippen MR) is 99.6 cm³/mol. The van der Waals surface area contributed by atoms with Crippen LogP contribution in [0.1, 0.15) is 23.1 Å². The van der Waals surface area contributed by atoms with E-state index >= 15 is 0 Å². The van der Waals surface area contributed by atoms with Crippen molar-refractivity contribution in [3.05, 3.63) is 34.6 Å². The molecular formula is C18H20BrNO5. The first-order valence-corrected chi connectivity index (χ1v) is 8.33. The Hall–Kier alpha value is -2.41. The van der Waals surface area contributed by atoms with Crippen LogP contribution in [0.3, 0.4) is 0 Å². The maximum absolute atomic E-state index is 12.2. The number of carbonyl (C=O) groups is 1. The average molecular weight is 410 g/mol. The minimum absolute atomic E-state index is 0.280. The molecule has 0 aliphatic rings. The molecule has 0 unspecified atom stereocenters. The molecule has 7 heteroatoms. The van der Waals surface area contributed by atoms with E-state index in [0.717, 1.165) is 5.56 Å². The summed E-state index contributed by atoms with van der Waals surface area (Å²) in [7, 11) is 4.63. The summed E-state index contributed by atoms with van der Waals surface area (Å²) in [6, 6.07) is 3.60. The molecule has 6 nitrogen and oxygen atoms in total. The molecule has 2 aromatic rings. The first kappa shape index (κ1) is 18.9. The second kappa shape index (κ2) is 8.11. The van der Waals surface area contributed by atoms with Crippen LogP contribution in [0.2, 0.25) is 0 Å². The van der Waals surface area contributed by atoms with Gasteiger partial charge in [-0.15, -0.1) is 0 Å². The van der Waals surface area contributed by atoms with E-state index in [-0.39, 0.29) is 6.61 Å². The first-order valence-electron chi connectivity index (χ1n) is 7.54. The molecule has 1 N–H and O–H groups in total. The molecule has 1 heterocycles. The number of halogens is 1. The number of benzene rings is 1. The van der Waals surface area contributed by atoms with Crippen molar-refractivity contribution in [1.82, 2.24) is 4.98 Å². The summed E-state index contributed by atoms with van der Waals surface area (Å²) in [6.45, 7) is 5.84. The van der Waals surface area contributed by atoms with Gasteiger partial charge in [-0.05, 0) is 41.1 Å². The summed E-state index contributed by atoms with van der Waals surface area (Å²) >= 11 is 3.49. The standard InChI is InChI=1S/C18H20BrNO5/c1-6-11-13(14(19)15(20-11)18(21)25-7-2)10-8-9-12(22-3)17(24-5)16(10)23-4/h6,8-9,20H,1,7H2,2-5H3. The zero-order valence-electron chi connectivity index (χ0n) is 14.6. The van der Waals surface area contributed by atoms with Crippen molar-refractivity contribution >= 4 is 28.0 Å². The van der Waals surface area contributed by atoms with Crippen LogP contribution in [-0.2, 0) is 4.74 Å². The van der Waals surface area contributed by atoms with Crippen LogP contribution in [0, 0.1) is 0 Å². The van der Waals surface area contributed by atoms with Crippen molar-refractivity contribution < 1.29 is 23.7 Å². The van der Waals surface area contributed by atoms with Gasteiger partial charge in [0.25, 0.3) is 0 Å². The van der Waals surface area contributed by atoms with Gasteiger partial charge in [-0.3, -0.25) is 0 Å². The Bertz CT molecular complexity index is 797. The first-order chi connectivity index (χ1) is 12.0. The highest BCUT2D eigenvalue weighted by Gasteiger charge is 2.26. The lowest BCUT2D eigenvalue weighted by molar-refractivity contribution is 0.0519. The van der Waals surface area contributed by atoms with Gasteiger partial charge < -0.3 is 23.9 Å². The third kappa shape index (κ3) is 3.37. The molecule has 0 saturated carbocycles. The maximum atomic E-state index is 12.2. The number of H-pyrrole nitrogens is 1. The minimum atomic E-state index is -0.455. The lowest BCUT2D eigenvalue weighted by atomic mass is 10.0. The van der Waals surface area contributed by atoms with E-state index in [4.69, 9.17) is 18.9 Å². The number of aromatic nitrogens is 1. The fourth-order valence-electron chi connectivity index (χ4n) is 2.55. The summed E-state index contributed by atoms with van der Waals surface area (Å²) in [6.07, 6.45) is 1.62. The van der Waals surface area contributed by atoms with Gasteiger partial charge in [-0.25, -0.2) is 4.79 Å². The summed E-state index contributed by atoms with van der Waals surface area (Å²) in [4.78, 5) is 15.2. The number of methoxy groups -OCH3 is 3. The zero-order chi connectivity index (χ0) is 18.6. The molecule has 0 aliphatic carbocycles. The maximum Gasteiger partial charge on any atom is 0.355 e. The highest BCUT2D eigenvalue weighted by Crippen LogP contribution is 2.47. The molecule has 0 amide bonds. The van der Waals surface area contributed by atoms with Crippen molar-refractivity contribution in [3.8, 4) is 28.4 Å². The number of rotatable bonds is 7. The molecule has 134 valence electrons. The number of carbonyl (C=O) groups excluding carboxylic acids is 1. The van der Waals surface area contributed by atoms with Crippen molar-refractivity contribution in [2.24, 2.45) is 0 Å². The quantitative estimate of drug-likeness (QED) is 0.690. The normalized spacial score (nSPS) is 10.3. The van der Waals surface area contributed by atoms with Crippen molar-refractivity contribution in [3.63, 3.8) is 0 Å². The zero-order valence-corrected chi connectivity index (χ0v) is 16.2. The average Bonchev–Trinajstić information content (AvgIpc) is 2.96. The smallest absolute Gasteiger partial charge is 0.355 e. The molecule has 1 aromatic carbocycles. The van der Waals surface area contributed by atoms with Gasteiger partial charge in [-0.1, -0.05) is 6.58 Å². The highest BCUT2D eigenvalue weighted by molar-refractivity contribution is 9.10. The van der Waals surface area contributed by atoms with Crippen LogP contribution in [0.25, 0.3) is 17.2 Å². The van der Waals surface area contributed by atoms with Gasteiger partial charge in [0, 0.05) is 16.8 Å². The van der Waals surface area contributed by atoms with Crippen LogP contribution < -0.4 is 14.2 Å². The molecule has 1 aromatic heterocycles. The van der Waals surface area contributed by atoms with Gasteiger partial charge in [-0.2, -0.15) is 0 Å². The fraction of sp³-hybridized carbons (Fsp3) is 0.278. The molecule has 25 heavy (non-hydrogen) atoms. The van der Waals surface area contributed by atoms with E-state index in [1.165, 1.54) is 7.11 Å². The van der Waals surface area contributed by atoms with Crippen LogP contribution >= 0.6 is 15.9 Å². The number of hydrogen-bond donors (Lipinski definition) is 1. The highest BCUT2D eigenvalue weighted by atomic mass is 79.9. The second-order valence-electron chi connectivity index (χ2n) is 4.91. The fourth-order valence-corrected chi connectivity index (χ4v) is 3.24. The van der Waals surface area contributed by atoms with E-state index in [1.54, 1.807) is 33.3 Å². The Morgan fingerprint density at radius 3 is 2.40 bits per heavy atom. The molecule has 0 fully saturated rings. The topological polar surface area (TPSA) is 69.8 Å². The van der Waals surface area contributed by atoms with E-state index in [9.17, 15) is 4.79 Å². The van der Waals surface area contributed by atoms with Gasteiger partial charge in [0.05, 0.1) is 32.4 Å². The molecule has 0 aliphatic heterocycles. The predicted octanol–water partition coefficient (Wildman–Crippen LogP) is 4.29. The van der Waals surface area contributed by atoms with Crippen LogP contribution in [-0.4, -0.2) is 38.9 Å². The van der Waals surface area contributed by atoms with Gasteiger partial charge in [0.15, 0.2) is 11.5 Å². The van der Waals surface area contributed by atoms with E-state index < -0.39 is 5.97 Å². The van der Waals surface area contributed by atoms with Crippen LogP contribution in [0.5, 0.6) is 17.2 Å². The van der Waals surface area contributed by atoms with E-state index in [2.05, 4.69) is 27.5 Å². The molecule has 0 radical (unpaired) electrons. The Morgan fingerprint density at radius 2 is 1.88 bits per heavy atom. The third-order valence-corrected chi connectivity index (χ3v) is 4.42. The molecular weight excluding hydrogens is 390 g/mol. The monoisotopic (exact) mass is 409 g/mol. The SMILES string of the molecule is C=Cc1[nH]c(C(=O)OCC)c(Br)c1-c1ccc(OC)c(OC)c1OC. The summed E-state index contributed by atoms with van der Waals surface area (Å²) in [5, 5.41) is 0. The number of nitrogens with one attached hydrogen (secondary N) is 1. The van der Waals surface area contributed by atoms with Gasteiger partial charge in [0.1, 0.15) is 5.69 Å². The van der Waals surface area contributed by atoms with E-state index in [0.29, 0.717) is 38.7 Å². The van der Waals surface area contributed by atoms with Crippen molar-refractivity contribution in [1.29, 1.82) is 0 Å². The Labute approximate surface area is 154 Å². The van der Waals surface area contributed by atoms with Crippen LogP contribution in [0.4, 0.5) is 0 Å². The lowest BCUT2D eigenvalue weighted by Crippen LogP contribution is -2.05. The summed E-state index contributed by atoms with van der Waals surface area (Å²) in [5.41, 5.74) is 2.40. The van der Waals surface area contributed by atoms with Crippen LogP contribution in [0.15, 0.2) is 23.2 Å². The number of hydrogen-bond acceptors (Lipinski definition) is 5. The number of ether oxygens (including phenoxy) is 4. The van der Waals surface area contributed by atoms with Crippen molar-refractivity contribution in [2.75, 3.05) is 27.9 Å². The molecule has 2 rings (SSSR count). The summed E-state index contributed by atoms with van der Waals surface area (Å²) in [5.74, 6) is 1.03. The molecule has 0 saturated heterocycles. The number of esters is 1. The molecule has 0 bridgehead atoms. The van der Waals surface area contributed by atoms with Crippen molar-refractivity contribution in [2.45, 2.75) is 6.92 Å². The summed E-state index contributed by atoms with van der Waals surface area (Å²) < 4.78 is 21.9. The Kier molecular flexibility index (Phi) is 6.14. The number of aromatic amines is 1.